The van der Waals surface area contributed by atoms with Gasteiger partial charge in [-0.2, -0.15) is 0 Å². The molecular formula is C15H17BrN2O2S. The molecule has 6 heteroatoms. The van der Waals surface area contributed by atoms with Gasteiger partial charge in [-0.15, -0.1) is 0 Å². The number of benzene rings is 1. The Morgan fingerprint density at radius 1 is 1.29 bits per heavy atom. The maximum atomic E-state index is 12.4. The zero-order chi connectivity index (χ0) is 15.5. The van der Waals surface area contributed by atoms with E-state index in [1.165, 1.54) is 0 Å². The fourth-order valence-corrected chi connectivity index (χ4v) is 3.83. The minimum absolute atomic E-state index is 0.193. The molecule has 0 saturated carbocycles. The molecule has 0 aliphatic carbocycles. The summed E-state index contributed by atoms with van der Waals surface area (Å²) in [4.78, 5) is 4.53. The lowest BCUT2D eigenvalue weighted by molar-refractivity contribution is 0.579. The van der Waals surface area contributed by atoms with Crippen molar-refractivity contribution in [1.82, 2.24) is 9.71 Å². The van der Waals surface area contributed by atoms with Crippen molar-refractivity contribution in [3.63, 3.8) is 0 Å². The number of nitrogens with zero attached hydrogens (tertiary/aromatic N) is 1. The third-order valence-electron chi connectivity index (χ3n) is 3.23. The molecule has 1 aromatic carbocycles. The molecule has 0 unspecified atom stereocenters. The zero-order valence-corrected chi connectivity index (χ0v) is 14.3. The van der Waals surface area contributed by atoms with E-state index in [9.17, 15) is 8.42 Å². The highest BCUT2D eigenvalue weighted by Gasteiger charge is 2.17. The van der Waals surface area contributed by atoms with Crippen LogP contribution in [0, 0.1) is 6.92 Å². The van der Waals surface area contributed by atoms with Crippen molar-refractivity contribution < 1.29 is 8.42 Å². The van der Waals surface area contributed by atoms with E-state index < -0.39 is 10.0 Å². The first-order chi connectivity index (χ1) is 9.94. The van der Waals surface area contributed by atoms with Crippen molar-refractivity contribution in [3.05, 3.63) is 57.8 Å². The number of hydrogen-bond donors (Lipinski definition) is 1. The standard InChI is InChI=1S/C15H17BrN2O2S/c1-3-12-5-4-8-17-14(12)10-18-21(19,20)15-9-13(16)7-6-11(15)2/h4-9,18H,3,10H2,1-2H3. The van der Waals surface area contributed by atoms with Gasteiger partial charge in [-0.25, -0.2) is 13.1 Å². The van der Waals surface area contributed by atoms with Crippen LogP contribution in [0.4, 0.5) is 0 Å². The van der Waals surface area contributed by atoms with E-state index in [0.717, 1.165) is 22.2 Å². The quantitative estimate of drug-likeness (QED) is 0.881. The summed E-state index contributed by atoms with van der Waals surface area (Å²) in [5, 5.41) is 0. The van der Waals surface area contributed by atoms with Gasteiger partial charge in [0.05, 0.1) is 17.1 Å². The molecule has 0 radical (unpaired) electrons. The van der Waals surface area contributed by atoms with Gasteiger partial charge in [0.1, 0.15) is 0 Å². The highest BCUT2D eigenvalue weighted by Crippen LogP contribution is 2.20. The first kappa shape index (κ1) is 16.1. The second kappa shape index (κ2) is 6.68. The maximum absolute atomic E-state index is 12.4. The molecule has 21 heavy (non-hydrogen) atoms. The van der Waals surface area contributed by atoms with Gasteiger partial charge in [0.25, 0.3) is 0 Å². The normalized spacial score (nSPS) is 11.6. The van der Waals surface area contributed by atoms with Crippen molar-refractivity contribution in [2.75, 3.05) is 0 Å². The molecule has 0 aliphatic rings. The lowest BCUT2D eigenvalue weighted by Gasteiger charge is -2.11. The molecule has 0 saturated heterocycles. The van der Waals surface area contributed by atoms with Gasteiger partial charge in [0.15, 0.2) is 0 Å². The molecule has 2 rings (SSSR count). The Hall–Kier alpha value is -1.24. The van der Waals surface area contributed by atoms with Crippen LogP contribution in [-0.4, -0.2) is 13.4 Å². The van der Waals surface area contributed by atoms with E-state index in [2.05, 4.69) is 25.6 Å². The van der Waals surface area contributed by atoms with Gasteiger partial charge >= 0.3 is 0 Å². The molecule has 1 aromatic heterocycles. The van der Waals surface area contributed by atoms with Gasteiger partial charge in [-0.05, 0) is 42.7 Å². The Kier molecular flexibility index (Phi) is 5.13. The third-order valence-corrected chi connectivity index (χ3v) is 5.27. The molecule has 112 valence electrons. The first-order valence-electron chi connectivity index (χ1n) is 6.62. The average molecular weight is 369 g/mol. The van der Waals surface area contributed by atoms with Crippen LogP contribution in [0.2, 0.25) is 0 Å². The largest absolute Gasteiger partial charge is 0.260 e. The fourth-order valence-electron chi connectivity index (χ4n) is 2.06. The molecule has 0 atom stereocenters. The number of halogens is 1. The van der Waals surface area contributed by atoms with Crippen molar-refractivity contribution in [3.8, 4) is 0 Å². The molecule has 1 N–H and O–H groups in total. The molecule has 0 fully saturated rings. The minimum Gasteiger partial charge on any atom is -0.260 e. The van der Waals surface area contributed by atoms with Gasteiger partial charge in [-0.3, -0.25) is 4.98 Å². The summed E-state index contributed by atoms with van der Waals surface area (Å²) in [6.07, 6.45) is 2.49. The van der Waals surface area contributed by atoms with Crippen LogP contribution >= 0.6 is 15.9 Å². The minimum atomic E-state index is -3.56. The van der Waals surface area contributed by atoms with Crippen LogP contribution in [0.15, 0.2) is 45.9 Å². The third kappa shape index (κ3) is 3.90. The lowest BCUT2D eigenvalue weighted by atomic mass is 10.1. The monoisotopic (exact) mass is 368 g/mol. The van der Waals surface area contributed by atoms with Crippen molar-refractivity contribution >= 4 is 26.0 Å². The number of aryl methyl sites for hydroxylation is 2. The van der Waals surface area contributed by atoms with Crippen molar-refractivity contribution in [2.24, 2.45) is 0 Å². The predicted molar refractivity (Wildman–Crippen MR) is 86.5 cm³/mol. The molecule has 2 aromatic rings. The van der Waals surface area contributed by atoms with Gasteiger partial charge in [0, 0.05) is 10.7 Å². The van der Waals surface area contributed by atoms with Crippen LogP contribution in [0.1, 0.15) is 23.7 Å². The van der Waals surface area contributed by atoms with E-state index >= 15 is 0 Å². The summed E-state index contributed by atoms with van der Waals surface area (Å²) in [5.74, 6) is 0. The van der Waals surface area contributed by atoms with Crippen molar-refractivity contribution in [1.29, 1.82) is 0 Å². The molecule has 0 amide bonds. The van der Waals surface area contributed by atoms with E-state index in [1.54, 1.807) is 25.3 Å². The van der Waals surface area contributed by atoms with E-state index in [-0.39, 0.29) is 11.4 Å². The van der Waals surface area contributed by atoms with Gasteiger partial charge in [-0.1, -0.05) is 35.0 Å². The Balaban J connectivity index is 2.24. The van der Waals surface area contributed by atoms with E-state index in [0.29, 0.717) is 5.56 Å². The number of hydrogen-bond acceptors (Lipinski definition) is 3. The smallest absolute Gasteiger partial charge is 0.241 e. The predicted octanol–water partition coefficient (Wildman–Crippen LogP) is 3.19. The summed E-state index contributed by atoms with van der Waals surface area (Å²) >= 11 is 3.30. The highest BCUT2D eigenvalue weighted by atomic mass is 79.9. The van der Waals surface area contributed by atoms with Crippen LogP contribution in [0.25, 0.3) is 0 Å². The summed E-state index contributed by atoms with van der Waals surface area (Å²) in [5.41, 5.74) is 2.52. The van der Waals surface area contributed by atoms with Crippen LogP contribution in [0.3, 0.4) is 0 Å². The Morgan fingerprint density at radius 2 is 2.05 bits per heavy atom. The van der Waals surface area contributed by atoms with Crippen molar-refractivity contribution in [2.45, 2.75) is 31.7 Å². The van der Waals surface area contributed by atoms with Crippen LogP contribution in [0.5, 0.6) is 0 Å². The average Bonchev–Trinajstić information content (AvgIpc) is 2.48. The maximum Gasteiger partial charge on any atom is 0.241 e. The molecule has 0 spiro atoms. The van der Waals surface area contributed by atoms with E-state index in [1.807, 2.05) is 25.1 Å². The number of rotatable bonds is 5. The first-order valence-corrected chi connectivity index (χ1v) is 8.90. The van der Waals surface area contributed by atoms with Gasteiger partial charge in [0.2, 0.25) is 10.0 Å². The second-order valence-electron chi connectivity index (χ2n) is 4.70. The summed E-state index contributed by atoms with van der Waals surface area (Å²) in [7, 11) is -3.56. The zero-order valence-electron chi connectivity index (χ0n) is 11.9. The Bertz CT molecular complexity index is 745. The molecule has 0 aliphatic heterocycles. The molecular weight excluding hydrogens is 352 g/mol. The molecule has 4 nitrogen and oxygen atoms in total. The number of nitrogens with one attached hydrogen (secondary N) is 1. The highest BCUT2D eigenvalue weighted by molar-refractivity contribution is 9.10. The Morgan fingerprint density at radius 3 is 2.76 bits per heavy atom. The topological polar surface area (TPSA) is 59.1 Å². The Labute approximate surface area is 133 Å². The van der Waals surface area contributed by atoms with Crippen LogP contribution in [-0.2, 0) is 23.0 Å². The lowest BCUT2D eigenvalue weighted by Crippen LogP contribution is -2.25. The molecule has 0 bridgehead atoms. The number of sulfonamides is 1. The summed E-state index contributed by atoms with van der Waals surface area (Å²) in [6.45, 7) is 3.99. The summed E-state index contributed by atoms with van der Waals surface area (Å²) < 4.78 is 28.2. The van der Waals surface area contributed by atoms with E-state index in [4.69, 9.17) is 0 Å². The molecule has 1 heterocycles. The van der Waals surface area contributed by atoms with Gasteiger partial charge < -0.3 is 0 Å². The number of aromatic nitrogens is 1. The fraction of sp³-hybridized carbons (Fsp3) is 0.267. The second-order valence-corrected chi connectivity index (χ2v) is 7.35. The van der Waals surface area contributed by atoms with Crippen LogP contribution < -0.4 is 4.72 Å². The number of pyridine rings is 1. The SMILES string of the molecule is CCc1cccnc1CNS(=O)(=O)c1cc(Br)ccc1C. The summed E-state index contributed by atoms with van der Waals surface area (Å²) in [6, 6.07) is 9.02.